The SMILES string of the molecule is O=C=NC1CCn2c(cc3ccccc32)C1. The van der Waals surface area contributed by atoms with E-state index in [-0.39, 0.29) is 6.04 Å². The first kappa shape index (κ1) is 9.37. The van der Waals surface area contributed by atoms with E-state index in [1.54, 1.807) is 6.08 Å². The molecule has 0 aliphatic carbocycles. The van der Waals surface area contributed by atoms with E-state index in [0.717, 1.165) is 19.4 Å². The van der Waals surface area contributed by atoms with E-state index < -0.39 is 0 Å². The lowest BCUT2D eigenvalue weighted by atomic mass is 10.1. The highest BCUT2D eigenvalue weighted by Crippen LogP contribution is 2.26. The summed E-state index contributed by atoms with van der Waals surface area (Å²) in [7, 11) is 0. The molecule has 1 atom stereocenters. The van der Waals surface area contributed by atoms with E-state index in [1.165, 1.54) is 16.6 Å². The van der Waals surface area contributed by atoms with Gasteiger partial charge in [-0.05, 0) is 23.9 Å². The molecule has 2 heterocycles. The van der Waals surface area contributed by atoms with Gasteiger partial charge in [-0.2, -0.15) is 0 Å². The molecule has 1 aliphatic heterocycles. The molecule has 3 heteroatoms. The van der Waals surface area contributed by atoms with E-state index in [0.29, 0.717) is 0 Å². The van der Waals surface area contributed by atoms with Crippen LogP contribution in [0.25, 0.3) is 10.9 Å². The maximum atomic E-state index is 10.3. The van der Waals surface area contributed by atoms with Gasteiger partial charge in [-0.25, -0.2) is 9.79 Å². The van der Waals surface area contributed by atoms with Gasteiger partial charge in [-0.1, -0.05) is 18.2 Å². The number of rotatable bonds is 1. The molecule has 0 radical (unpaired) electrons. The first-order valence-electron chi connectivity index (χ1n) is 5.52. The van der Waals surface area contributed by atoms with Crippen molar-refractivity contribution < 1.29 is 4.79 Å². The number of nitrogens with zero attached hydrogens (tertiary/aromatic N) is 2. The Balaban J connectivity index is 2.09. The predicted octanol–water partition coefficient (Wildman–Crippen LogP) is 2.29. The first-order chi connectivity index (χ1) is 7.88. The summed E-state index contributed by atoms with van der Waals surface area (Å²) in [5.74, 6) is 0. The average Bonchev–Trinajstić information content (AvgIpc) is 2.67. The molecule has 1 aliphatic rings. The summed E-state index contributed by atoms with van der Waals surface area (Å²) >= 11 is 0. The fourth-order valence-corrected chi connectivity index (χ4v) is 2.51. The number of para-hydroxylation sites is 1. The fourth-order valence-electron chi connectivity index (χ4n) is 2.51. The Morgan fingerprint density at radius 1 is 1.38 bits per heavy atom. The summed E-state index contributed by atoms with van der Waals surface area (Å²) in [4.78, 5) is 14.1. The maximum absolute atomic E-state index is 10.3. The van der Waals surface area contributed by atoms with Crippen LogP contribution in [-0.2, 0) is 17.8 Å². The number of aromatic nitrogens is 1. The topological polar surface area (TPSA) is 34.4 Å². The quantitative estimate of drug-likeness (QED) is 0.527. The zero-order chi connectivity index (χ0) is 11.0. The van der Waals surface area contributed by atoms with Crippen molar-refractivity contribution in [3.05, 3.63) is 36.0 Å². The normalized spacial score (nSPS) is 19.1. The van der Waals surface area contributed by atoms with Gasteiger partial charge in [-0.3, -0.25) is 0 Å². The molecular weight excluding hydrogens is 200 g/mol. The van der Waals surface area contributed by atoms with Crippen LogP contribution in [0, 0.1) is 0 Å². The molecule has 0 saturated carbocycles. The molecule has 1 aromatic heterocycles. The van der Waals surface area contributed by atoms with Gasteiger partial charge < -0.3 is 4.57 Å². The standard InChI is InChI=1S/C13H12N2O/c16-9-14-11-5-6-15-12(8-11)7-10-3-1-2-4-13(10)15/h1-4,7,11H,5-6,8H2. The second-order valence-electron chi connectivity index (χ2n) is 4.21. The molecule has 0 fully saturated rings. The van der Waals surface area contributed by atoms with Gasteiger partial charge in [0.15, 0.2) is 0 Å². The molecule has 1 aromatic carbocycles. The number of aliphatic imine (C=N–C) groups is 1. The highest BCUT2D eigenvalue weighted by Gasteiger charge is 2.19. The minimum Gasteiger partial charge on any atom is -0.344 e. The van der Waals surface area contributed by atoms with Crippen LogP contribution in [0.4, 0.5) is 0 Å². The second kappa shape index (κ2) is 3.62. The van der Waals surface area contributed by atoms with E-state index in [4.69, 9.17) is 0 Å². The van der Waals surface area contributed by atoms with Crippen LogP contribution in [0.2, 0.25) is 0 Å². The number of isocyanates is 1. The van der Waals surface area contributed by atoms with Gasteiger partial charge in [0.1, 0.15) is 0 Å². The Labute approximate surface area is 93.4 Å². The van der Waals surface area contributed by atoms with Crippen molar-refractivity contribution in [2.24, 2.45) is 4.99 Å². The molecule has 0 bridgehead atoms. The largest absolute Gasteiger partial charge is 0.344 e. The van der Waals surface area contributed by atoms with Gasteiger partial charge in [0.25, 0.3) is 0 Å². The van der Waals surface area contributed by atoms with E-state index in [2.05, 4.69) is 39.9 Å². The first-order valence-corrected chi connectivity index (χ1v) is 5.52. The third-order valence-electron chi connectivity index (χ3n) is 3.26. The lowest BCUT2D eigenvalue weighted by Gasteiger charge is -2.20. The summed E-state index contributed by atoms with van der Waals surface area (Å²) in [6.45, 7) is 0.943. The summed E-state index contributed by atoms with van der Waals surface area (Å²) in [6.07, 6.45) is 3.45. The number of aryl methyl sites for hydroxylation is 1. The maximum Gasteiger partial charge on any atom is 0.235 e. The van der Waals surface area contributed by atoms with Crippen LogP contribution in [0.3, 0.4) is 0 Å². The molecule has 80 valence electrons. The van der Waals surface area contributed by atoms with Gasteiger partial charge >= 0.3 is 0 Å². The summed E-state index contributed by atoms with van der Waals surface area (Å²) in [6, 6.07) is 10.7. The molecule has 0 spiro atoms. The van der Waals surface area contributed by atoms with E-state index in [9.17, 15) is 4.79 Å². The number of carbonyl (C=O) groups excluding carboxylic acids is 1. The van der Waals surface area contributed by atoms with Crippen molar-refractivity contribution in [2.75, 3.05) is 0 Å². The van der Waals surface area contributed by atoms with E-state index >= 15 is 0 Å². The van der Waals surface area contributed by atoms with Gasteiger partial charge in [0, 0.05) is 24.2 Å². The van der Waals surface area contributed by atoms with Crippen LogP contribution in [0.5, 0.6) is 0 Å². The molecule has 16 heavy (non-hydrogen) atoms. The highest BCUT2D eigenvalue weighted by atomic mass is 16.1. The molecular formula is C13H12N2O. The summed E-state index contributed by atoms with van der Waals surface area (Å²) in [5, 5.41) is 1.27. The van der Waals surface area contributed by atoms with Crippen LogP contribution >= 0.6 is 0 Å². The van der Waals surface area contributed by atoms with Crippen molar-refractivity contribution >= 4 is 17.0 Å². The van der Waals surface area contributed by atoms with Crippen LogP contribution in [-0.4, -0.2) is 16.7 Å². The Hall–Kier alpha value is -1.86. The van der Waals surface area contributed by atoms with E-state index in [1.807, 2.05) is 0 Å². The number of hydrogen-bond acceptors (Lipinski definition) is 2. The molecule has 1 unspecified atom stereocenters. The average molecular weight is 212 g/mol. The summed E-state index contributed by atoms with van der Waals surface area (Å²) in [5.41, 5.74) is 2.56. The lowest BCUT2D eigenvalue weighted by Crippen LogP contribution is -2.21. The van der Waals surface area contributed by atoms with Crippen LogP contribution < -0.4 is 0 Å². The Morgan fingerprint density at radius 3 is 3.12 bits per heavy atom. The van der Waals surface area contributed by atoms with Crippen LogP contribution in [0.15, 0.2) is 35.3 Å². The lowest BCUT2D eigenvalue weighted by molar-refractivity contribution is 0.476. The van der Waals surface area contributed by atoms with Gasteiger partial charge in [-0.15, -0.1) is 0 Å². The highest BCUT2D eigenvalue weighted by molar-refractivity contribution is 5.81. The molecule has 3 nitrogen and oxygen atoms in total. The number of hydrogen-bond donors (Lipinski definition) is 0. The third kappa shape index (κ3) is 1.37. The van der Waals surface area contributed by atoms with Crippen LogP contribution in [0.1, 0.15) is 12.1 Å². The minimum atomic E-state index is 0.120. The van der Waals surface area contributed by atoms with Crippen molar-refractivity contribution in [1.82, 2.24) is 4.57 Å². The monoisotopic (exact) mass is 212 g/mol. The summed E-state index contributed by atoms with van der Waals surface area (Å²) < 4.78 is 2.33. The number of benzene rings is 1. The fraction of sp³-hybridized carbons (Fsp3) is 0.308. The zero-order valence-electron chi connectivity index (χ0n) is 8.89. The Kier molecular flexibility index (Phi) is 2.12. The van der Waals surface area contributed by atoms with Crippen molar-refractivity contribution in [2.45, 2.75) is 25.4 Å². The van der Waals surface area contributed by atoms with Gasteiger partial charge in [0.2, 0.25) is 6.08 Å². The third-order valence-corrected chi connectivity index (χ3v) is 3.26. The van der Waals surface area contributed by atoms with Crippen molar-refractivity contribution in [3.8, 4) is 0 Å². The predicted molar refractivity (Wildman–Crippen MR) is 62.2 cm³/mol. The smallest absolute Gasteiger partial charge is 0.235 e. The Bertz CT molecular complexity index is 579. The second-order valence-corrected chi connectivity index (χ2v) is 4.21. The molecule has 3 rings (SSSR count). The molecule has 0 amide bonds. The van der Waals surface area contributed by atoms with Crippen molar-refractivity contribution in [3.63, 3.8) is 0 Å². The Morgan fingerprint density at radius 2 is 2.25 bits per heavy atom. The molecule has 0 N–H and O–H groups in total. The molecule has 0 saturated heterocycles. The molecule has 2 aromatic rings. The van der Waals surface area contributed by atoms with Gasteiger partial charge in [0.05, 0.1) is 6.04 Å². The number of fused-ring (bicyclic) bond motifs is 3. The zero-order valence-corrected chi connectivity index (χ0v) is 8.89. The van der Waals surface area contributed by atoms with Crippen molar-refractivity contribution in [1.29, 1.82) is 0 Å². The minimum absolute atomic E-state index is 0.120.